The molecule has 0 saturated carbocycles. The van der Waals surface area contributed by atoms with Crippen molar-refractivity contribution in [3.05, 3.63) is 58.7 Å². The van der Waals surface area contributed by atoms with Crippen LogP contribution in [0.5, 0.6) is 0 Å². The maximum absolute atomic E-state index is 12.8. The molecule has 0 saturated heterocycles. The molecule has 120 valence electrons. The number of rotatable bonds is 4. The highest BCUT2D eigenvalue weighted by Crippen LogP contribution is 2.40. The normalized spacial score (nSPS) is 20.6. The van der Waals surface area contributed by atoms with E-state index in [1.165, 1.54) is 0 Å². The third-order valence-electron chi connectivity index (χ3n) is 4.49. The quantitative estimate of drug-likeness (QED) is 0.794. The van der Waals surface area contributed by atoms with Crippen LogP contribution in [0.25, 0.3) is 0 Å². The summed E-state index contributed by atoms with van der Waals surface area (Å²) in [5.74, 6) is -0.208. The molecule has 1 atom stereocenters. The third-order valence-corrected chi connectivity index (χ3v) is 7.50. The molecule has 3 rings (SSSR count). The number of hydrogen-bond acceptors (Lipinski definition) is 5. The van der Waals surface area contributed by atoms with Gasteiger partial charge in [0.1, 0.15) is 0 Å². The second-order valence-corrected chi connectivity index (χ2v) is 8.66. The highest BCUT2D eigenvalue weighted by Gasteiger charge is 2.49. The van der Waals surface area contributed by atoms with Gasteiger partial charge in [-0.2, -0.15) is 0 Å². The van der Waals surface area contributed by atoms with E-state index in [9.17, 15) is 9.59 Å². The SMILES string of the molecule is CO[Si](OC)(OC)C1C=CC2=C(C1)C(=O)c1ccccc1C2=O. The van der Waals surface area contributed by atoms with Crippen LogP contribution in [0, 0.1) is 0 Å². The van der Waals surface area contributed by atoms with Crippen LogP contribution >= 0.6 is 0 Å². The molecule has 0 heterocycles. The summed E-state index contributed by atoms with van der Waals surface area (Å²) < 4.78 is 16.5. The zero-order valence-corrected chi connectivity index (χ0v) is 14.3. The van der Waals surface area contributed by atoms with Crippen LogP contribution in [0.3, 0.4) is 0 Å². The van der Waals surface area contributed by atoms with Crippen molar-refractivity contribution in [3.63, 3.8) is 0 Å². The molecule has 23 heavy (non-hydrogen) atoms. The van der Waals surface area contributed by atoms with Crippen LogP contribution in [-0.2, 0) is 13.3 Å². The third kappa shape index (κ3) is 2.35. The maximum Gasteiger partial charge on any atom is 0.507 e. The van der Waals surface area contributed by atoms with Gasteiger partial charge in [0, 0.05) is 43.6 Å². The van der Waals surface area contributed by atoms with Gasteiger partial charge in [-0.25, -0.2) is 0 Å². The molecule has 5 nitrogen and oxygen atoms in total. The number of carbonyl (C=O) groups excluding carboxylic acids is 2. The van der Waals surface area contributed by atoms with Crippen LogP contribution in [0.1, 0.15) is 27.1 Å². The van der Waals surface area contributed by atoms with Gasteiger partial charge in [-0.15, -0.1) is 0 Å². The molecular weight excluding hydrogens is 312 g/mol. The van der Waals surface area contributed by atoms with Crippen molar-refractivity contribution < 1.29 is 22.9 Å². The van der Waals surface area contributed by atoms with E-state index in [1.54, 1.807) is 51.7 Å². The molecule has 1 aromatic rings. The number of allylic oxidation sites excluding steroid dienone is 4. The monoisotopic (exact) mass is 330 g/mol. The number of carbonyl (C=O) groups is 2. The van der Waals surface area contributed by atoms with Gasteiger partial charge < -0.3 is 13.3 Å². The fourth-order valence-corrected chi connectivity index (χ4v) is 5.47. The molecule has 0 aliphatic heterocycles. The van der Waals surface area contributed by atoms with Crippen molar-refractivity contribution in [1.29, 1.82) is 0 Å². The predicted molar refractivity (Wildman–Crippen MR) is 86.4 cm³/mol. The molecule has 6 heteroatoms. The summed E-state index contributed by atoms with van der Waals surface area (Å²) in [5.41, 5.74) is 1.72. The van der Waals surface area contributed by atoms with Gasteiger partial charge in [0.2, 0.25) is 0 Å². The minimum Gasteiger partial charge on any atom is -0.376 e. The van der Waals surface area contributed by atoms with Crippen molar-refractivity contribution in [2.45, 2.75) is 12.0 Å². The lowest BCUT2D eigenvalue weighted by molar-refractivity contribution is 0.0965. The van der Waals surface area contributed by atoms with Crippen LogP contribution in [0.2, 0.25) is 5.54 Å². The van der Waals surface area contributed by atoms with E-state index in [-0.39, 0.29) is 17.1 Å². The average molecular weight is 330 g/mol. The first-order valence-electron chi connectivity index (χ1n) is 7.33. The summed E-state index contributed by atoms with van der Waals surface area (Å²) >= 11 is 0. The molecule has 2 aliphatic carbocycles. The Morgan fingerprint density at radius 1 is 0.957 bits per heavy atom. The van der Waals surface area contributed by atoms with Gasteiger partial charge in [0.25, 0.3) is 0 Å². The van der Waals surface area contributed by atoms with Gasteiger partial charge in [-0.3, -0.25) is 9.59 Å². The first kappa shape index (κ1) is 16.0. The Kier molecular flexibility index (Phi) is 4.16. The fourth-order valence-electron chi connectivity index (χ4n) is 3.27. The lowest BCUT2D eigenvalue weighted by atomic mass is 9.80. The van der Waals surface area contributed by atoms with Crippen LogP contribution in [0.4, 0.5) is 0 Å². The molecule has 0 N–H and O–H groups in total. The van der Waals surface area contributed by atoms with Crippen molar-refractivity contribution >= 4 is 20.4 Å². The molecule has 0 amide bonds. The number of hydrogen-bond donors (Lipinski definition) is 0. The molecule has 0 fully saturated rings. The zero-order valence-electron chi connectivity index (χ0n) is 13.3. The van der Waals surface area contributed by atoms with E-state index in [0.29, 0.717) is 28.7 Å². The predicted octanol–water partition coefficient (Wildman–Crippen LogP) is 2.57. The van der Waals surface area contributed by atoms with Crippen molar-refractivity contribution in [2.75, 3.05) is 21.3 Å². The summed E-state index contributed by atoms with van der Waals surface area (Å²) in [7, 11) is 1.70. The van der Waals surface area contributed by atoms with Gasteiger partial charge in [-0.1, -0.05) is 36.4 Å². The topological polar surface area (TPSA) is 61.8 Å². The summed E-state index contributed by atoms with van der Waals surface area (Å²) in [6.45, 7) is 0. The Balaban J connectivity index is 2.01. The van der Waals surface area contributed by atoms with Crippen molar-refractivity contribution in [3.8, 4) is 0 Å². The summed E-state index contributed by atoms with van der Waals surface area (Å²) in [6, 6.07) is 6.92. The van der Waals surface area contributed by atoms with E-state index in [0.717, 1.165) is 0 Å². The van der Waals surface area contributed by atoms with E-state index in [1.807, 2.05) is 6.08 Å². The maximum atomic E-state index is 12.8. The first-order chi connectivity index (χ1) is 11.1. The molecule has 1 unspecified atom stereocenters. The number of fused-ring (bicyclic) bond motifs is 1. The molecule has 2 aliphatic rings. The lowest BCUT2D eigenvalue weighted by Crippen LogP contribution is -2.48. The molecule has 1 aromatic carbocycles. The Morgan fingerprint density at radius 3 is 2.09 bits per heavy atom. The fraction of sp³-hybridized carbons (Fsp3) is 0.294. The van der Waals surface area contributed by atoms with E-state index in [4.69, 9.17) is 13.3 Å². The average Bonchev–Trinajstić information content (AvgIpc) is 2.61. The Bertz CT molecular complexity index is 722. The Morgan fingerprint density at radius 2 is 1.52 bits per heavy atom. The summed E-state index contributed by atoms with van der Waals surface area (Å²) in [4.78, 5) is 25.4. The van der Waals surface area contributed by atoms with Gasteiger partial charge in [0.15, 0.2) is 11.6 Å². The molecule has 0 aromatic heterocycles. The number of Topliss-reactive ketones (excluding diaryl/α,β-unsaturated/α-hetero) is 2. The molecular formula is C17H18O5Si. The zero-order chi connectivity index (χ0) is 16.6. The van der Waals surface area contributed by atoms with E-state index < -0.39 is 8.80 Å². The second kappa shape index (κ2) is 5.97. The van der Waals surface area contributed by atoms with Gasteiger partial charge in [-0.05, 0) is 6.42 Å². The summed E-state index contributed by atoms with van der Waals surface area (Å²) in [6.07, 6.45) is 3.95. The molecule has 0 radical (unpaired) electrons. The van der Waals surface area contributed by atoms with Crippen LogP contribution < -0.4 is 0 Å². The first-order valence-corrected chi connectivity index (χ1v) is 9.13. The highest BCUT2D eigenvalue weighted by atomic mass is 28.4. The minimum absolute atomic E-state index is 0.101. The molecule has 0 spiro atoms. The minimum atomic E-state index is -2.92. The van der Waals surface area contributed by atoms with E-state index >= 15 is 0 Å². The standard InChI is InChI=1S/C17H18O5Si/c1-20-23(21-2,22-3)11-8-9-14-15(10-11)17(19)13-7-5-4-6-12(13)16(14)18/h4-9,11H,10H2,1-3H3. The van der Waals surface area contributed by atoms with E-state index in [2.05, 4.69) is 0 Å². The summed E-state index contributed by atoms with van der Waals surface area (Å²) in [5, 5.41) is 0. The molecule has 0 bridgehead atoms. The van der Waals surface area contributed by atoms with Crippen molar-refractivity contribution in [1.82, 2.24) is 0 Å². The smallest absolute Gasteiger partial charge is 0.376 e. The number of ketones is 2. The Labute approximate surface area is 135 Å². The van der Waals surface area contributed by atoms with Gasteiger partial charge >= 0.3 is 8.80 Å². The van der Waals surface area contributed by atoms with Crippen LogP contribution in [-0.4, -0.2) is 41.7 Å². The lowest BCUT2D eigenvalue weighted by Gasteiger charge is -2.34. The second-order valence-electron chi connectivity index (χ2n) is 5.48. The largest absolute Gasteiger partial charge is 0.507 e. The highest BCUT2D eigenvalue weighted by molar-refractivity contribution is 6.63. The van der Waals surface area contributed by atoms with Crippen molar-refractivity contribution in [2.24, 2.45) is 0 Å². The number of benzene rings is 1. The Hall–Kier alpha value is -1.86. The van der Waals surface area contributed by atoms with Crippen LogP contribution in [0.15, 0.2) is 47.6 Å². The van der Waals surface area contributed by atoms with Gasteiger partial charge in [0.05, 0.1) is 5.54 Å².